The van der Waals surface area contributed by atoms with E-state index in [1.165, 1.54) is 15.9 Å². The van der Waals surface area contributed by atoms with Gasteiger partial charge in [0.05, 0.1) is 23.4 Å². The van der Waals surface area contributed by atoms with Crippen LogP contribution in [-0.2, 0) is 0 Å². The van der Waals surface area contributed by atoms with Gasteiger partial charge in [0.1, 0.15) is 17.2 Å². The quantitative estimate of drug-likeness (QED) is 0.160. The second-order valence-corrected chi connectivity index (χ2v) is 11.3. The molecule has 43 heavy (non-hydrogen) atoms. The normalized spacial score (nSPS) is 11.8. The van der Waals surface area contributed by atoms with E-state index >= 15 is 0 Å². The SMILES string of the molecule is CCCCOc1ccc(-c2nn(-c3ccccc3)cc2C=c2sc3nc(-c4ccc(OCCC)cc4)nn3c2=O)c(C)c1. The van der Waals surface area contributed by atoms with Crippen molar-refractivity contribution in [1.82, 2.24) is 24.4 Å². The fraction of sp³-hybridized carbons (Fsp3) is 0.235. The molecule has 0 amide bonds. The Hall–Kier alpha value is -4.76. The third kappa shape index (κ3) is 6.08. The van der Waals surface area contributed by atoms with Gasteiger partial charge in [-0.05, 0) is 86.0 Å². The molecule has 0 spiro atoms. The monoisotopic (exact) mass is 591 g/mol. The van der Waals surface area contributed by atoms with Crippen molar-refractivity contribution >= 4 is 22.4 Å². The van der Waals surface area contributed by atoms with Crippen LogP contribution in [0.4, 0.5) is 0 Å². The molecule has 0 aliphatic carbocycles. The van der Waals surface area contributed by atoms with Gasteiger partial charge >= 0.3 is 0 Å². The summed E-state index contributed by atoms with van der Waals surface area (Å²) in [5, 5.41) is 9.49. The number of aromatic nitrogens is 5. The molecule has 9 heteroatoms. The molecule has 0 N–H and O–H groups in total. The standard InChI is InChI=1S/C34H33N5O3S/c1-4-6-19-42-28-16-17-29(23(3)20-28)31-25(22-38(36-31)26-10-8-7-9-11-26)21-30-33(40)39-34(43-30)35-32(37-39)24-12-14-27(15-13-24)41-18-5-2/h7-17,20-22H,4-6,18-19H2,1-3H3. The van der Waals surface area contributed by atoms with Gasteiger partial charge in [-0.25, -0.2) is 4.68 Å². The van der Waals surface area contributed by atoms with Crippen LogP contribution in [0.15, 0.2) is 83.8 Å². The number of benzene rings is 3. The minimum absolute atomic E-state index is 0.212. The largest absolute Gasteiger partial charge is 0.494 e. The zero-order valence-electron chi connectivity index (χ0n) is 24.5. The van der Waals surface area contributed by atoms with Crippen molar-refractivity contribution in [2.45, 2.75) is 40.0 Å². The summed E-state index contributed by atoms with van der Waals surface area (Å²) in [6.07, 6.45) is 6.88. The van der Waals surface area contributed by atoms with Gasteiger partial charge in [-0.2, -0.15) is 14.6 Å². The van der Waals surface area contributed by atoms with Gasteiger partial charge in [0, 0.05) is 22.9 Å². The van der Waals surface area contributed by atoms with Crippen LogP contribution >= 0.6 is 11.3 Å². The van der Waals surface area contributed by atoms with E-state index < -0.39 is 0 Å². The molecule has 0 aliphatic heterocycles. The van der Waals surface area contributed by atoms with Gasteiger partial charge in [0.25, 0.3) is 5.56 Å². The topological polar surface area (TPSA) is 83.5 Å². The molecule has 0 radical (unpaired) electrons. The summed E-state index contributed by atoms with van der Waals surface area (Å²) in [5.41, 5.74) is 5.18. The molecule has 6 rings (SSSR count). The van der Waals surface area contributed by atoms with Crippen molar-refractivity contribution in [3.8, 4) is 39.8 Å². The van der Waals surface area contributed by atoms with E-state index in [2.05, 4.69) is 30.9 Å². The Labute approximate surface area is 253 Å². The first kappa shape index (κ1) is 28.4. The van der Waals surface area contributed by atoms with E-state index in [0.717, 1.165) is 64.4 Å². The fourth-order valence-corrected chi connectivity index (χ4v) is 5.66. The number of para-hydroxylation sites is 1. The summed E-state index contributed by atoms with van der Waals surface area (Å²) in [4.78, 5) is 18.7. The van der Waals surface area contributed by atoms with Crippen LogP contribution in [-0.4, -0.2) is 37.6 Å². The molecular formula is C34H33N5O3S. The van der Waals surface area contributed by atoms with E-state index in [4.69, 9.17) is 14.6 Å². The molecule has 3 aromatic carbocycles. The third-order valence-electron chi connectivity index (χ3n) is 7.04. The summed E-state index contributed by atoms with van der Waals surface area (Å²) in [5.74, 6) is 2.15. The van der Waals surface area contributed by atoms with Gasteiger partial charge in [-0.15, -0.1) is 5.10 Å². The maximum atomic E-state index is 13.5. The number of ether oxygens (including phenoxy) is 2. The Morgan fingerprint density at radius 3 is 2.37 bits per heavy atom. The zero-order valence-corrected chi connectivity index (χ0v) is 25.3. The first-order chi connectivity index (χ1) is 21.0. The van der Waals surface area contributed by atoms with Gasteiger partial charge in [-0.3, -0.25) is 4.79 Å². The molecular weight excluding hydrogens is 558 g/mol. The molecule has 3 heterocycles. The highest BCUT2D eigenvalue weighted by Crippen LogP contribution is 2.30. The average Bonchev–Trinajstić information content (AvgIpc) is 3.72. The van der Waals surface area contributed by atoms with E-state index in [0.29, 0.717) is 28.5 Å². The number of hydrogen-bond donors (Lipinski definition) is 0. The van der Waals surface area contributed by atoms with Crippen molar-refractivity contribution in [1.29, 1.82) is 0 Å². The average molecular weight is 592 g/mol. The van der Waals surface area contributed by atoms with Crippen molar-refractivity contribution in [2.24, 2.45) is 0 Å². The van der Waals surface area contributed by atoms with Crippen LogP contribution in [0.2, 0.25) is 0 Å². The minimum Gasteiger partial charge on any atom is -0.494 e. The lowest BCUT2D eigenvalue weighted by molar-refractivity contribution is 0.309. The second kappa shape index (κ2) is 12.6. The lowest BCUT2D eigenvalue weighted by Crippen LogP contribution is -2.23. The zero-order chi connectivity index (χ0) is 29.8. The Morgan fingerprint density at radius 2 is 1.65 bits per heavy atom. The molecule has 0 saturated carbocycles. The number of hydrogen-bond acceptors (Lipinski definition) is 7. The summed E-state index contributed by atoms with van der Waals surface area (Å²) >= 11 is 1.31. The molecule has 0 bridgehead atoms. The highest BCUT2D eigenvalue weighted by Gasteiger charge is 2.16. The van der Waals surface area contributed by atoms with E-state index in [1.807, 2.05) is 89.8 Å². The van der Waals surface area contributed by atoms with E-state index in [1.54, 1.807) is 0 Å². The van der Waals surface area contributed by atoms with Crippen LogP contribution in [0.5, 0.6) is 11.5 Å². The smallest absolute Gasteiger partial charge is 0.291 e. The Morgan fingerprint density at radius 1 is 0.884 bits per heavy atom. The molecule has 0 saturated heterocycles. The lowest BCUT2D eigenvalue weighted by atomic mass is 10.0. The van der Waals surface area contributed by atoms with Gasteiger partial charge in [-0.1, -0.05) is 49.8 Å². The highest BCUT2D eigenvalue weighted by atomic mass is 32.1. The molecule has 3 aromatic heterocycles. The van der Waals surface area contributed by atoms with Crippen LogP contribution in [0, 0.1) is 6.92 Å². The summed E-state index contributed by atoms with van der Waals surface area (Å²) in [7, 11) is 0. The molecule has 0 aliphatic rings. The van der Waals surface area contributed by atoms with Gasteiger partial charge < -0.3 is 9.47 Å². The molecule has 0 atom stereocenters. The van der Waals surface area contributed by atoms with Crippen molar-refractivity contribution in [3.05, 3.63) is 105 Å². The maximum Gasteiger partial charge on any atom is 0.291 e. The maximum absolute atomic E-state index is 13.5. The number of rotatable bonds is 11. The molecule has 218 valence electrons. The van der Waals surface area contributed by atoms with Crippen LogP contribution in [0.1, 0.15) is 44.2 Å². The molecule has 0 fully saturated rings. The highest BCUT2D eigenvalue weighted by molar-refractivity contribution is 7.15. The predicted molar refractivity (Wildman–Crippen MR) is 171 cm³/mol. The predicted octanol–water partition coefficient (Wildman–Crippen LogP) is 6.49. The number of thiazole rings is 1. The fourth-order valence-electron chi connectivity index (χ4n) is 4.76. The van der Waals surface area contributed by atoms with Crippen LogP contribution in [0.25, 0.3) is 39.4 Å². The lowest BCUT2D eigenvalue weighted by Gasteiger charge is -2.09. The second-order valence-electron chi connectivity index (χ2n) is 10.3. The summed E-state index contributed by atoms with van der Waals surface area (Å²) in [6, 6.07) is 23.6. The minimum atomic E-state index is -0.212. The number of fused-ring (bicyclic) bond motifs is 1. The van der Waals surface area contributed by atoms with E-state index in [9.17, 15) is 4.79 Å². The van der Waals surface area contributed by atoms with Crippen molar-refractivity contribution < 1.29 is 9.47 Å². The van der Waals surface area contributed by atoms with Crippen LogP contribution in [0.3, 0.4) is 0 Å². The van der Waals surface area contributed by atoms with Gasteiger partial charge in [0.2, 0.25) is 4.96 Å². The van der Waals surface area contributed by atoms with Crippen molar-refractivity contribution in [2.75, 3.05) is 13.2 Å². The first-order valence-electron chi connectivity index (χ1n) is 14.6. The summed E-state index contributed by atoms with van der Waals surface area (Å²) < 4.78 is 15.4. The van der Waals surface area contributed by atoms with E-state index in [-0.39, 0.29) is 5.56 Å². The Bertz CT molecular complexity index is 1960. The number of aryl methyl sites for hydroxylation is 1. The first-order valence-corrected chi connectivity index (χ1v) is 15.4. The number of nitrogens with zero attached hydrogens (tertiary/aromatic N) is 5. The van der Waals surface area contributed by atoms with Crippen molar-refractivity contribution in [3.63, 3.8) is 0 Å². The molecule has 8 nitrogen and oxygen atoms in total. The van der Waals surface area contributed by atoms with Gasteiger partial charge in [0.15, 0.2) is 5.82 Å². The number of unbranched alkanes of at least 4 members (excludes halogenated alkanes) is 1. The summed E-state index contributed by atoms with van der Waals surface area (Å²) in [6.45, 7) is 7.63. The Kier molecular flexibility index (Phi) is 8.33. The third-order valence-corrected chi connectivity index (χ3v) is 8.00. The Balaban J connectivity index is 1.38. The van der Waals surface area contributed by atoms with Crippen LogP contribution < -0.4 is 19.6 Å². The molecule has 6 aromatic rings. The molecule has 0 unspecified atom stereocenters.